The number of anilines is 3. The van der Waals surface area contributed by atoms with Crippen LogP contribution >= 0.6 is 11.6 Å². The predicted octanol–water partition coefficient (Wildman–Crippen LogP) is 4.76. The van der Waals surface area contributed by atoms with Crippen LogP contribution in [0.25, 0.3) is 11.2 Å². The van der Waals surface area contributed by atoms with Gasteiger partial charge in [0.2, 0.25) is 17.8 Å². The maximum Gasteiger partial charge on any atom is 0.248 e. The van der Waals surface area contributed by atoms with Crippen molar-refractivity contribution in [3.05, 3.63) is 34.7 Å². The van der Waals surface area contributed by atoms with Crippen molar-refractivity contribution in [2.24, 2.45) is 7.05 Å². The van der Waals surface area contributed by atoms with Gasteiger partial charge in [-0.1, -0.05) is 11.6 Å². The summed E-state index contributed by atoms with van der Waals surface area (Å²) >= 11 is 6.09. The number of hydrogen-bond donors (Lipinski definition) is 2. The van der Waals surface area contributed by atoms with E-state index in [9.17, 15) is 13.2 Å². The van der Waals surface area contributed by atoms with E-state index in [-0.39, 0.29) is 41.1 Å². The molecule has 0 amide bonds. The highest BCUT2D eigenvalue weighted by Crippen LogP contribution is 2.34. The number of imidazole rings is 1. The Kier molecular flexibility index (Phi) is 5.15. The second-order valence-electron chi connectivity index (χ2n) is 7.22. The van der Waals surface area contributed by atoms with Gasteiger partial charge in [0.25, 0.3) is 0 Å². The predicted molar refractivity (Wildman–Crippen MR) is 107 cm³/mol. The first-order valence-electron chi connectivity index (χ1n) is 9.26. The number of alkyl halides is 2. The van der Waals surface area contributed by atoms with E-state index in [0.29, 0.717) is 30.0 Å². The molecule has 7 nitrogen and oxygen atoms in total. The summed E-state index contributed by atoms with van der Waals surface area (Å²) in [7, 11) is 1.69. The summed E-state index contributed by atoms with van der Waals surface area (Å²) in [4.78, 5) is 13.0. The van der Waals surface area contributed by atoms with Gasteiger partial charge in [0.15, 0.2) is 5.65 Å². The van der Waals surface area contributed by atoms with Gasteiger partial charge in [0, 0.05) is 25.9 Å². The van der Waals surface area contributed by atoms with Gasteiger partial charge in [-0.25, -0.2) is 23.1 Å². The molecule has 2 N–H and O–H groups in total. The maximum absolute atomic E-state index is 14.3. The Morgan fingerprint density at radius 1 is 1.27 bits per heavy atom. The lowest BCUT2D eigenvalue weighted by Gasteiger charge is -2.28. The summed E-state index contributed by atoms with van der Waals surface area (Å²) < 4.78 is 42.6. The molecule has 156 valence electrons. The third-order valence-electron chi connectivity index (χ3n) is 5.07. The molecular formula is C19H17ClF3N7. The second-order valence-corrected chi connectivity index (χ2v) is 7.63. The number of aryl methyl sites for hydroxylation is 1. The molecule has 0 unspecified atom stereocenters. The Hall–Kier alpha value is -3.06. The molecule has 0 saturated heterocycles. The molecule has 1 aromatic carbocycles. The molecule has 30 heavy (non-hydrogen) atoms. The highest BCUT2D eigenvalue weighted by Gasteiger charge is 2.35. The van der Waals surface area contributed by atoms with E-state index >= 15 is 0 Å². The molecule has 11 heteroatoms. The Balaban J connectivity index is 1.57. The van der Waals surface area contributed by atoms with Crippen LogP contribution in [0.2, 0.25) is 5.02 Å². The van der Waals surface area contributed by atoms with Gasteiger partial charge in [0.05, 0.1) is 28.5 Å². The van der Waals surface area contributed by atoms with Crippen LogP contribution in [0, 0.1) is 17.1 Å². The zero-order valence-electron chi connectivity index (χ0n) is 15.9. The SMILES string of the molecule is Cn1c(Nc2c(F)cc(C#N)cc2Cl)nc2cnc(NC3CCC(F)(F)CC3)nc21. The standard InChI is InChI=1S/C19H17ClF3N7/c1-30-16-14(9-25-17(29-16)26-11-2-4-19(22,23)5-3-11)27-18(30)28-15-12(20)6-10(8-24)7-13(15)21/h6-7,9,11H,2-5H2,1H3,(H,27,28)(H,25,26,29). The zero-order chi connectivity index (χ0) is 21.5. The van der Waals surface area contributed by atoms with Crippen molar-refractivity contribution >= 4 is 40.3 Å². The minimum atomic E-state index is -2.60. The Morgan fingerprint density at radius 3 is 2.67 bits per heavy atom. The number of aromatic nitrogens is 4. The summed E-state index contributed by atoms with van der Waals surface area (Å²) in [5.74, 6) is -2.70. The first kappa shape index (κ1) is 20.2. The van der Waals surface area contributed by atoms with Gasteiger partial charge in [-0.2, -0.15) is 10.2 Å². The smallest absolute Gasteiger partial charge is 0.248 e. The number of benzene rings is 1. The molecule has 0 aliphatic heterocycles. The molecule has 1 saturated carbocycles. The summed E-state index contributed by atoms with van der Waals surface area (Å²) in [6.07, 6.45) is 1.85. The lowest BCUT2D eigenvalue weighted by Crippen LogP contribution is -2.32. The number of fused-ring (bicyclic) bond motifs is 1. The fourth-order valence-electron chi connectivity index (χ4n) is 3.40. The van der Waals surface area contributed by atoms with Crippen molar-refractivity contribution in [3.63, 3.8) is 0 Å². The first-order valence-corrected chi connectivity index (χ1v) is 9.63. The van der Waals surface area contributed by atoms with Crippen molar-refractivity contribution in [3.8, 4) is 6.07 Å². The summed E-state index contributed by atoms with van der Waals surface area (Å²) in [6.45, 7) is 0. The molecule has 1 aliphatic carbocycles. The topological polar surface area (TPSA) is 91.5 Å². The minimum absolute atomic E-state index is 0.0106. The minimum Gasteiger partial charge on any atom is -0.351 e. The van der Waals surface area contributed by atoms with Crippen LogP contribution in [0.1, 0.15) is 31.2 Å². The quantitative estimate of drug-likeness (QED) is 0.614. The zero-order valence-corrected chi connectivity index (χ0v) is 16.6. The molecule has 0 spiro atoms. The molecular weight excluding hydrogens is 419 g/mol. The van der Waals surface area contributed by atoms with E-state index in [2.05, 4.69) is 25.6 Å². The van der Waals surface area contributed by atoms with E-state index in [0.717, 1.165) is 6.07 Å². The van der Waals surface area contributed by atoms with Crippen molar-refractivity contribution in [1.82, 2.24) is 19.5 Å². The highest BCUT2D eigenvalue weighted by molar-refractivity contribution is 6.33. The van der Waals surface area contributed by atoms with Crippen molar-refractivity contribution in [2.75, 3.05) is 10.6 Å². The number of rotatable bonds is 4. The largest absolute Gasteiger partial charge is 0.351 e. The van der Waals surface area contributed by atoms with Gasteiger partial charge < -0.3 is 10.6 Å². The lowest BCUT2D eigenvalue weighted by molar-refractivity contribution is -0.0361. The second kappa shape index (κ2) is 7.65. The Labute approximate surface area is 174 Å². The average Bonchev–Trinajstić information content (AvgIpc) is 3.01. The summed E-state index contributed by atoms with van der Waals surface area (Å²) in [6, 6.07) is 4.14. The van der Waals surface area contributed by atoms with Gasteiger partial charge in [-0.05, 0) is 25.0 Å². The molecule has 4 rings (SSSR count). The number of hydrogen-bond acceptors (Lipinski definition) is 6. The van der Waals surface area contributed by atoms with Crippen LogP contribution in [-0.4, -0.2) is 31.5 Å². The van der Waals surface area contributed by atoms with Crippen LogP contribution in [0.3, 0.4) is 0 Å². The van der Waals surface area contributed by atoms with Crippen LogP contribution in [0.5, 0.6) is 0 Å². The normalized spacial score (nSPS) is 16.4. The van der Waals surface area contributed by atoms with E-state index in [1.165, 1.54) is 12.3 Å². The van der Waals surface area contributed by atoms with Crippen LogP contribution < -0.4 is 10.6 Å². The molecule has 2 aromatic heterocycles. The first-order chi connectivity index (χ1) is 14.3. The van der Waals surface area contributed by atoms with Gasteiger partial charge in [-0.3, -0.25) is 4.57 Å². The third kappa shape index (κ3) is 3.98. The third-order valence-corrected chi connectivity index (χ3v) is 5.37. The molecule has 0 radical (unpaired) electrons. The van der Waals surface area contributed by atoms with Crippen LogP contribution in [-0.2, 0) is 7.05 Å². The summed E-state index contributed by atoms with van der Waals surface area (Å²) in [5, 5.41) is 14.9. The molecule has 1 fully saturated rings. The fraction of sp³-hybridized carbons (Fsp3) is 0.368. The lowest BCUT2D eigenvalue weighted by atomic mass is 9.92. The van der Waals surface area contributed by atoms with E-state index in [1.54, 1.807) is 11.6 Å². The van der Waals surface area contributed by atoms with E-state index in [1.807, 2.05) is 6.07 Å². The number of nitriles is 1. The highest BCUT2D eigenvalue weighted by atomic mass is 35.5. The van der Waals surface area contributed by atoms with E-state index < -0.39 is 11.7 Å². The van der Waals surface area contributed by atoms with Crippen molar-refractivity contribution in [1.29, 1.82) is 5.26 Å². The molecule has 3 aromatic rings. The molecule has 1 aliphatic rings. The molecule has 2 heterocycles. The van der Waals surface area contributed by atoms with Crippen molar-refractivity contribution in [2.45, 2.75) is 37.6 Å². The van der Waals surface area contributed by atoms with Gasteiger partial charge >= 0.3 is 0 Å². The molecule has 0 atom stereocenters. The van der Waals surface area contributed by atoms with Crippen LogP contribution in [0.15, 0.2) is 18.3 Å². The molecule has 0 bridgehead atoms. The monoisotopic (exact) mass is 435 g/mol. The number of halogens is 4. The van der Waals surface area contributed by atoms with Gasteiger partial charge in [0.1, 0.15) is 11.3 Å². The fourth-order valence-corrected chi connectivity index (χ4v) is 3.65. The van der Waals surface area contributed by atoms with Crippen molar-refractivity contribution < 1.29 is 13.2 Å². The average molecular weight is 436 g/mol. The number of nitrogens with zero attached hydrogens (tertiary/aromatic N) is 5. The maximum atomic E-state index is 14.3. The van der Waals surface area contributed by atoms with Gasteiger partial charge in [-0.15, -0.1) is 0 Å². The summed E-state index contributed by atoms with van der Waals surface area (Å²) in [5.41, 5.74) is 1.03. The Morgan fingerprint density at radius 2 is 2.00 bits per heavy atom. The number of nitrogens with one attached hydrogen (secondary N) is 2. The van der Waals surface area contributed by atoms with Crippen LogP contribution in [0.4, 0.5) is 30.8 Å². The Bertz CT molecular complexity index is 1120. The van der Waals surface area contributed by atoms with E-state index in [4.69, 9.17) is 16.9 Å².